The van der Waals surface area contributed by atoms with Crippen LogP contribution in [0.25, 0.3) is 0 Å². The predicted octanol–water partition coefficient (Wildman–Crippen LogP) is 3.60. The molecule has 1 heterocycles. The van der Waals surface area contributed by atoms with Crippen LogP contribution < -0.4 is 0 Å². The third kappa shape index (κ3) is 5.50. The summed E-state index contributed by atoms with van der Waals surface area (Å²) in [4.78, 5) is 28.3. The van der Waals surface area contributed by atoms with Crippen molar-refractivity contribution in [2.24, 2.45) is 0 Å². The minimum atomic E-state index is -1.09. The lowest BCUT2D eigenvalue weighted by Crippen LogP contribution is -2.22. The summed E-state index contributed by atoms with van der Waals surface area (Å²) in [6.45, 7) is 2.11. The number of nitrogens with zero attached hydrogens (tertiary/aromatic N) is 1. The van der Waals surface area contributed by atoms with E-state index in [1.54, 1.807) is 18.3 Å². The zero-order chi connectivity index (χ0) is 17.2. The van der Waals surface area contributed by atoms with Gasteiger partial charge in [-0.1, -0.05) is 49.7 Å². The number of ether oxygens (including phenoxy) is 2. The van der Waals surface area contributed by atoms with Crippen molar-refractivity contribution in [2.45, 2.75) is 38.9 Å². The number of pyridine rings is 1. The molecule has 0 saturated heterocycles. The summed E-state index contributed by atoms with van der Waals surface area (Å²) in [7, 11) is 0. The molecule has 2 rings (SSSR count). The topological polar surface area (TPSA) is 65.5 Å². The molecule has 1 aromatic heterocycles. The summed E-state index contributed by atoms with van der Waals surface area (Å²) in [5.41, 5.74) is 1.37. The molecule has 0 aliphatic carbocycles. The van der Waals surface area contributed by atoms with Crippen molar-refractivity contribution in [1.82, 2.24) is 4.98 Å². The average Bonchev–Trinajstić information content (AvgIpc) is 2.64. The Morgan fingerprint density at radius 1 is 1.12 bits per heavy atom. The van der Waals surface area contributed by atoms with Gasteiger partial charge in [0.25, 0.3) is 0 Å². The molecule has 1 aromatic carbocycles. The number of benzene rings is 1. The summed E-state index contributed by atoms with van der Waals surface area (Å²) < 4.78 is 10.6. The Morgan fingerprint density at radius 2 is 1.92 bits per heavy atom. The molecule has 5 heteroatoms. The minimum absolute atomic E-state index is 0.128. The lowest BCUT2D eigenvalue weighted by molar-refractivity contribution is -0.169. The van der Waals surface area contributed by atoms with E-state index in [0.717, 1.165) is 18.4 Å². The quantitative estimate of drug-likeness (QED) is 0.693. The fraction of sp³-hybridized carbons (Fsp3) is 0.316. The first-order valence-corrected chi connectivity index (χ1v) is 8.00. The molecule has 0 spiro atoms. The van der Waals surface area contributed by atoms with Crippen molar-refractivity contribution in [3.05, 3.63) is 66.0 Å². The maximum atomic E-state index is 12.4. The van der Waals surface area contributed by atoms with Crippen LogP contribution in [0.15, 0.2) is 54.9 Å². The molecule has 0 saturated carbocycles. The second kappa shape index (κ2) is 9.45. The molecule has 0 aliphatic rings. The Bertz CT molecular complexity index is 643. The molecule has 0 bridgehead atoms. The molecular weight excluding hydrogens is 306 g/mol. The number of hydrogen-bond acceptors (Lipinski definition) is 5. The maximum absolute atomic E-state index is 12.4. The fourth-order valence-electron chi connectivity index (χ4n) is 2.10. The summed E-state index contributed by atoms with van der Waals surface area (Å²) >= 11 is 0. The van der Waals surface area contributed by atoms with E-state index in [9.17, 15) is 9.59 Å². The van der Waals surface area contributed by atoms with Gasteiger partial charge in [-0.2, -0.15) is 0 Å². The predicted molar refractivity (Wildman–Crippen MR) is 88.8 cm³/mol. The highest BCUT2D eigenvalue weighted by Gasteiger charge is 2.26. The highest BCUT2D eigenvalue weighted by atomic mass is 16.6. The zero-order valence-electron chi connectivity index (χ0n) is 13.7. The molecule has 24 heavy (non-hydrogen) atoms. The number of esters is 2. The highest BCUT2D eigenvalue weighted by molar-refractivity contribution is 5.80. The Kier molecular flexibility index (Phi) is 6.95. The van der Waals surface area contributed by atoms with Crippen LogP contribution >= 0.6 is 0 Å². The molecule has 0 radical (unpaired) electrons. The largest absolute Gasteiger partial charge is 0.458 e. The number of aromatic nitrogens is 1. The van der Waals surface area contributed by atoms with E-state index in [2.05, 4.69) is 4.98 Å². The van der Waals surface area contributed by atoms with Crippen LogP contribution in [-0.4, -0.2) is 16.9 Å². The number of carbonyl (C=O) groups excluding carboxylic acids is 2. The van der Waals surface area contributed by atoms with Crippen molar-refractivity contribution >= 4 is 11.9 Å². The first kappa shape index (κ1) is 17.7. The summed E-state index contributed by atoms with van der Waals surface area (Å²) in [6, 6.07) is 12.7. The Balaban J connectivity index is 2.04. The number of rotatable bonds is 8. The molecule has 0 amide bonds. The standard InChI is InChI=1S/C19H21NO4/c1-2-3-11-17(21)24-18(16-10-7-12-20-13-16)19(22)23-14-15-8-5-4-6-9-15/h4-10,12-13,18H,2-3,11,14H2,1H3. The normalized spacial score (nSPS) is 11.5. The molecule has 1 atom stereocenters. The van der Waals surface area contributed by atoms with E-state index in [4.69, 9.17) is 9.47 Å². The van der Waals surface area contributed by atoms with E-state index >= 15 is 0 Å². The lowest BCUT2D eigenvalue weighted by Gasteiger charge is -2.17. The highest BCUT2D eigenvalue weighted by Crippen LogP contribution is 2.20. The zero-order valence-corrected chi connectivity index (χ0v) is 13.7. The van der Waals surface area contributed by atoms with Gasteiger partial charge in [-0.3, -0.25) is 9.78 Å². The fourth-order valence-corrected chi connectivity index (χ4v) is 2.10. The lowest BCUT2D eigenvalue weighted by atomic mass is 10.1. The van der Waals surface area contributed by atoms with Crippen LogP contribution in [0.1, 0.15) is 43.4 Å². The third-order valence-corrected chi connectivity index (χ3v) is 3.41. The summed E-state index contributed by atoms with van der Waals surface area (Å²) in [5.74, 6) is -1.01. The Morgan fingerprint density at radius 3 is 2.58 bits per heavy atom. The minimum Gasteiger partial charge on any atom is -0.458 e. The van der Waals surface area contributed by atoms with E-state index in [0.29, 0.717) is 5.56 Å². The first-order chi connectivity index (χ1) is 11.7. The van der Waals surface area contributed by atoms with Crippen LogP contribution in [0.3, 0.4) is 0 Å². The van der Waals surface area contributed by atoms with Gasteiger partial charge < -0.3 is 9.47 Å². The van der Waals surface area contributed by atoms with Gasteiger partial charge in [0.05, 0.1) is 0 Å². The molecule has 5 nitrogen and oxygen atoms in total. The Labute approximate surface area is 141 Å². The Hall–Kier alpha value is -2.69. The van der Waals surface area contributed by atoms with Crippen LogP contribution in [0, 0.1) is 0 Å². The SMILES string of the molecule is CCCCC(=O)OC(C(=O)OCc1ccccc1)c1cccnc1. The molecule has 2 aromatic rings. The number of carbonyl (C=O) groups is 2. The molecule has 0 fully saturated rings. The van der Waals surface area contributed by atoms with E-state index < -0.39 is 18.0 Å². The average molecular weight is 327 g/mol. The smallest absolute Gasteiger partial charge is 0.352 e. The van der Waals surface area contributed by atoms with Gasteiger partial charge in [0.15, 0.2) is 0 Å². The van der Waals surface area contributed by atoms with Gasteiger partial charge in [-0.05, 0) is 18.1 Å². The second-order valence-electron chi connectivity index (χ2n) is 5.35. The molecular formula is C19H21NO4. The molecule has 126 valence electrons. The number of hydrogen-bond donors (Lipinski definition) is 0. The molecule has 0 aliphatic heterocycles. The van der Waals surface area contributed by atoms with Gasteiger partial charge in [0.2, 0.25) is 6.10 Å². The van der Waals surface area contributed by atoms with Crippen molar-refractivity contribution in [1.29, 1.82) is 0 Å². The van der Waals surface area contributed by atoms with Gasteiger partial charge in [0, 0.05) is 24.4 Å². The number of unbranched alkanes of at least 4 members (excludes halogenated alkanes) is 1. The molecule has 0 N–H and O–H groups in total. The maximum Gasteiger partial charge on any atom is 0.352 e. The third-order valence-electron chi connectivity index (χ3n) is 3.41. The second-order valence-corrected chi connectivity index (χ2v) is 5.35. The molecule has 1 unspecified atom stereocenters. The van der Waals surface area contributed by atoms with Gasteiger partial charge >= 0.3 is 11.9 Å². The van der Waals surface area contributed by atoms with Crippen molar-refractivity contribution in [3.8, 4) is 0 Å². The van der Waals surface area contributed by atoms with Gasteiger partial charge in [-0.25, -0.2) is 4.79 Å². The van der Waals surface area contributed by atoms with E-state index in [-0.39, 0.29) is 13.0 Å². The van der Waals surface area contributed by atoms with Crippen molar-refractivity contribution in [2.75, 3.05) is 0 Å². The van der Waals surface area contributed by atoms with Crippen molar-refractivity contribution < 1.29 is 19.1 Å². The summed E-state index contributed by atoms with van der Waals surface area (Å²) in [5, 5.41) is 0. The first-order valence-electron chi connectivity index (χ1n) is 8.00. The van der Waals surface area contributed by atoms with Crippen LogP contribution in [-0.2, 0) is 25.7 Å². The van der Waals surface area contributed by atoms with E-state index in [1.807, 2.05) is 37.3 Å². The van der Waals surface area contributed by atoms with Crippen LogP contribution in [0.2, 0.25) is 0 Å². The van der Waals surface area contributed by atoms with Crippen LogP contribution in [0.5, 0.6) is 0 Å². The van der Waals surface area contributed by atoms with Crippen molar-refractivity contribution in [3.63, 3.8) is 0 Å². The van der Waals surface area contributed by atoms with Crippen LogP contribution in [0.4, 0.5) is 0 Å². The van der Waals surface area contributed by atoms with Gasteiger partial charge in [-0.15, -0.1) is 0 Å². The van der Waals surface area contributed by atoms with E-state index in [1.165, 1.54) is 6.20 Å². The summed E-state index contributed by atoms with van der Waals surface area (Å²) in [6.07, 6.45) is 3.88. The van der Waals surface area contributed by atoms with Gasteiger partial charge in [0.1, 0.15) is 6.61 Å². The monoisotopic (exact) mass is 327 g/mol.